The molecule has 0 radical (unpaired) electrons. The van der Waals surface area contributed by atoms with Crippen LogP contribution in [0.25, 0.3) is 0 Å². The summed E-state index contributed by atoms with van der Waals surface area (Å²) in [5, 5.41) is 9.92. The zero-order valence-corrected chi connectivity index (χ0v) is 13.7. The first-order chi connectivity index (χ1) is 9.67. The zero-order valence-electron chi connectivity index (χ0n) is 11.0. The third kappa shape index (κ3) is 4.32. The van der Waals surface area contributed by atoms with E-state index in [4.69, 9.17) is 9.26 Å². The van der Waals surface area contributed by atoms with Gasteiger partial charge in [-0.3, -0.25) is 14.3 Å². The lowest BCUT2D eigenvalue weighted by atomic mass is 10.2. The summed E-state index contributed by atoms with van der Waals surface area (Å²) < 4.78 is 11.8. The number of hydrogen-bond acceptors (Lipinski definition) is 8. The van der Waals surface area contributed by atoms with Crippen molar-refractivity contribution in [3.05, 3.63) is 32.6 Å². The van der Waals surface area contributed by atoms with Crippen molar-refractivity contribution in [2.45, 2.75) is 31.8 Å². The Hall–Kier alpha value is -0.350. The summed E-state index contributed by atoms with van der Waals surface area (Å²) in [4.78, 5) is 34.6. The van der Waals surface area contributed by atoms with Gasteiger partial charge >= 0.3 is 11.8 Å². The van der Waals surface area contributed by atoms with Crippen molar-refractivity contribution in [2.75, 3.05) is 6.61 Å². The summed E-state index contributed by atoms with van der Waals surface area (Å²) in [6.07, 6.45) is -3.80. The van der Waals surface area contributed by atoms with Crippen molar-refractivity contribution in [1.29, 1.82) is 0 Å². The molecule has 0 aliphatic carbocycles. The van der Waals surface area contributed by atoms with Gasteiger partial charge in [0.15, 0.2) is 0 Å². The Morgan fingerprint density at radius 3 is 2.86 bits per heavy atom. The van der Waals surface area contributed by atoms with Gasteiger partial charge in [-0.25, -0.2) is 4.79 Å². The van der Waals surface area contributed by atoms with E-state index in [9.17, 15) is 19.6 Å². The first-order valence-corrected chi connectivity index (χ1v) is 10.0. The molecule has 1 aliphatic rings. The highest BCUT2D eigenvalue weighted by molar-refractivity contribution is 8.81. The smallest absolute Gasteiger partial charge is 0.386 e. The van der Waals surface area contributed by atoms with Crippen molar-refractivity contribution in [1.82, 2.24) is 9.55 Å². The minimum atomic E-state index is -3.03. The van der Waals surface area contributed by atoms with Crippen molar-refractivity contribution in [3.8, 4) is 0 Å². The Kier molecular flexibility index (Phi) is 5.19. The molecular weight excluding hydrogens is 339 g/mol. The van der Waals surface area contributed by atoms with E-state index in [1.54, 1.807) is 6.92 Å². The van der Waals surface area contributed by atoms with E-state index in [1.165, 1.54) is 10.8 Å². The largest absolute Gasteiger partial charge is 0.390 e. The predicted octanol–water partition coefficient (Wildman–Crippen LogP) is 0.0395. The third-order valence-electron chi connectivity index (χ3n) is 3.07. The maximum atomic E-state index is 11.8. The Balaban J connectivity index is 2.12. The van der Waals surface area contributed by atoms with Crippen molar-refractivity contribution >= 4 is 30.6 Å². The van der Waals surface area contributed by atoms with E-state index in [-0.39, 0.29) is 13.0 Å². The van der Waals surface area contributed by atoms with Gasteiger partial charge in [0, 0.05) is 18.2 Å². The number of aliphatic hydroxyl groups is 1. The molecule has 1 aliphatic heterocycles. The van der Waals surface area contributed by atoms with Gasteiger partial charge in [-0.05, 0) is 6.92 Å². The summed E-state index contributed by atoms with van der Waals surface area (Å²) in [6.45, 7) is 1.46. The lowest BCUT2D eigenvalue weighted by molar-refractivity contribution is -0.0404. The van der Waals surface area contributed by atoms with E-state index >= 15 is 0 Å². The Morgan fingerprint density at radius 2 is 2.24 bits per heavy atom. The van der Waals surface area contributed by atoms with Crippen LogP contribution in [0, 0.1) is 6.92 Å². The van der Waals surface area contributed by atoms with Gasteiger partial charge < -0.3 is 9.84 Å². The molecule has 0 aromatic carbocycles. The molecular formula is C10H16N2O6PS2+. The van der Waals surface area contributed by atoms with E-state index in [2.05, 4.69) is 29.5 Å². The van der Waals surface area contributed by atoms with Crippen LogP contribution in [0.3, 0.4) is 0 Å². The van der Waals surface area contributed by atoms with Gasteiger partial charge in [0.05, 0.1) is 30.6 Å². The van der Waals surface area contributed by atoms with Crippen LogP contribution < -0.4 is 11.2 Å². The van der Waals surface area contributed by atoms with Crippen LogP contribution in [-0.2, 0) is 9.26 Å². The molecule has 2 heterocycles. The molecule has 0 amide bonds. The number of rotatable bonds is 4. The number of hydrogen-bond donors (Lipinski definition) is 5. The fourth-order valence-corrected chi connectivity index (χ4v) is 2.76. The maximum absolute atomic E-state index is 11.8. The minimum absolute atomic E-state index is 0.105. The number of aryl methyl sites for hydroxylation is 1. The summed E-state index contributed by atoms with van der Waals surface area (Å²) in [6, 6.07) is 0. The van der Waals surface area contributed by atoms with E-state index < -0.39 is 35.8 Å². The summed E-state index contributed by atoms with van der Waals surface area (Å²) in [5.74, 6) is 0. The second-order valence-corrected chi connectivity index (χ2v) is 10.2. The molecule has 0 unspecified atom stereocenters. The van der Waals surface area contributed by atoms with Crippen LogP contribution in [0.1, 0.15) is 18.2 Å². The van der Waals surface area contributed by atoms with Crippen LogP contribution in [0.15, 0.2) is 15.8 Å². The van der Waals surface area contributed by atoms with Crippen LogP contribution in [-0.4, -0.2) is 38.4 Å². The molecule has 21 heavy (non-hydrogen) atoms. The van der Waals surface area contributed by atoms with E-state index in [1.807, 2.05) is 0 Å². The predicted molar refractivity (Wildman–Crippen MR) is 83.7 cm³/mol. The molecule has 1 fully saturated rings. The Labute approximate surface area is 130 Å². The van der Waals surface area contributed by atoms with Crippen molar-refractivity contribution < 1.29 is 19.3 Å². The maximum Gasteiger partial charge on any atom is 0.386 e. The highest BCUT2D eigenvalue weighted by atomic mass is 33.1. The number of aliphatic hydroxyl groups excluding tert-OH is 1. The van der Waals surface area contributed by atoms with Gasteiger partial charge in [0.25, 0.3) is 5.56 Å². The standard InChI is InChI=1S/C10H15N2O6PS2/c1-5-3-12(10(15)11-9(5)14)8-2-6(13)7(18-8)4-17-19(16,20)21/h3,6-8,13,16,20-21H,2,4H2,1H3/p+1/t6-,7+,8+/m0/s1. The van der Waals surface area contributed by atoms with Crippen LogP contribution in [0.2, 0.25) is 0 Å². The van der Waals surface area contributed by atoms with Crippen LogP contribution in [0.4, 0.5) is 0 Å². The fourth-order valence-electron chi connectivity index (χ4n) is 2.01. The van der Waals surface area contributed by atoms with Gasteiger partial charge in [-0.2, -0.15) is 9.42 Å². The highest BCUT2D eigenvalue weighted by Gasteiger charge is 2.39. The molecule has 8 nitrogen and oxygen atoms in total. The summed E-state index contributed by atoms with van der Waals surface area (Å²) >= 11 is 7.53. The lowest BCUT2D eigenvalue weighted by Crippen LogP contribution is -2.33. The number of ether oxygens (including phenoxy) is 1. The molecule has 0 spiro atoms. The second-order valence-electron chi connectivity index (χ2n) is 4.72. The van der Waals surface area contributed by atoms with Gasteiger partial charge in [-0.1, -0.05) is 0 Å². The molecule has 118 valence electrons. The molecule has 1 saturated heterocycles. The van der Waals surface area contributed by atoms with E-state index in [0.29, 0.717) is 5.56 Å². The molecule has 0 bridgehead atoms. The molecule has 3 atom stereocenters. The average Bonchev–Trinajstić information content (AvgIpc) is 2.72. The molecule has 3 N–H and O–H groups in total. The van der Waals surface area contributed by atoms with Gasteiger partial charge in [0.1, 0.15) is 18.9 Å². The van der Waals surface area contributed by atoms with Gasteiger partial charge in [0.2, 0.25) is 0 Å². The first kappa shape index (κ1) is 17.0. The normalized spacial score (nSPS) is 26.2. The number of nitrogens with zero attached hydrogens (tertiary/aromatic N) is 1. The number of H-pyrrole nitrogens is 1. The minimum Gasteiger partial charge on any atom is -0.390 e. The van der Waals surface area contributed by atoms with E-state index in [0.717, 1.165) is 0 Å². The third-order valence-corrected chi connectivity index (χ3v) is 4.26. The van der Waals surface area contributed by atoms with Gasteiger partial charge in [-0.15, -0.1) is 0 Å². The second kappa shape index (κ2) is 6.41. The molecule has 1 aromatic rings. The number of thiol groups is 2. The Morgan fingerprint density at radius 1 is 1.57 bits per heavy atom. The van der Waals surface area contributed by atoms with Crippen LogP contribution >= 0.6 is 30.6 Å². The summed E-state index contributed by atoms with van der Waals surface area (Å²) in [5.41, 5.74) is -0.718. The monoisotopic (exact) mass is 355 g/mol. The quantitative estimate of drug-likeness (QED) is 0.385. The number of nitrogens with one attached hydrogen (secondary N) is 1. The van der Waals surface area contributed by atoms with Crippen molar-refractivity contribution in [2.24, 2.45) is 0 Å². The molecule has 0 saturated carbocycles. The lowest BCUT2D eigenvalue weighted by Gasteiger charge is -2.16. The van der Waals surface area contributed by atoms with Crippen molar-refractivity contribution in [3.63, 3.8) is 0 Å². The first-order valence-electron chi connectivity index (χ1n) is 6.05. The van der Waals surface area contributed by atoms with Crippen LogP contribution in [0.5, 0.6) is 0 Å². The molecule has 1 aromatic heterocycles. The number of aromatic nitrogens is 2. The topological polar surface area (TPSA) is 114 Å². The molecule has 11 heteroatoms. The zero-order chi connectivity index (χ0) is 15.8. The average molecular weight is 355 g/mol. The summed E-state index contributed by atoms with van der Waals surface area (Å²) in [7, 11) is 0. The SMILES string of the molecule is Cc1cn([C@H]2C[C@H](O)[C@@H](CO[P+](O)(S)S)O2)c(=O)[nH]c1=O. The Bertz CT molecular complexity index is 627. The fraction of sp³-hybridized carbons (Fsp3) is 0.600. The number of aromatic amines is 1. The highest BCUT2D eigenvalue weighted by Crippen LogP contribution is 2.65. The molecule has 2 rings (SSSR count).